The molecular formula is C16H15N3O3S2. The molecule has 1 aromatic heterocycles. The molecule has 24 heavy (non-hydrogen) atoms. The number of amides is 1. The van der Waals surface area contributed by atoms with Gasteiger partial charge in [-0.25, -0.2) is 18.5 Å². The van der Waals surface area contributed by atoms with Gasteiger partial charge in [0, 0.05) is 18.5 Å². The van der Waals surface area contributed by atoms with E-state index in [1.165, 1.54) is 18.2 Å². The van der Waals surface area contributed by atoms with Crippen molar-refractivity contribution in [1.82, 2.24) is 4.98 Å². The summed E-state index contributed by atoms with van der Waals surface area (Å²) in [6.45, 7) is 0. The maximum absolute atomic E-state index is 12.0. The highest BCUT2D eigenvalue weighted by Gasteiger charge is 2.10. The third-order valence-electron chi connectivity index (χ3n) is 3.35. The van der Waals surface area contributed by atoms with Gasteiger partial charge in [-0.05, 0) is 30.3 Å². The van der Waals surface area contributed by atoms with Crippen LogP contribution < -0.4 is 10.5 Å². The first-order valence-electron chi connectivity index (χ1n) is 7.19. The third-order valence-corrected chi connectivity index (χ3v) is 5.36. The highest BCUT2D eigenvalue weighted by molar-refractivity contribution is 7.89. The van der Waals surface area contributed by atoms with Crippen LogP contribution in [0.1, 0.15) is 11.4 Å². The highest BCUT2D eigenvalue weighted by atomic mass is 32.2. The van der Waals surface area contributed by atoms with Crippen LogP contribution >= 0.6 is 11.3 Å². The molecule has 0 unspecified atom stereocenters. The van der Waals surface area contributed by atoms with Crippen LogP contribution in [0.15, 0.2) is 53.4 Å². The van der Waals surface area contributed by atoms with E-state index in [9.17, 15) is 13.2 Å². The van der Waals surface area contributed by atoms with Gasteiger partial charge in [0.25, 0.3) is 0 Å². The van der Waals surface area contributed by atoms with Gasteiger partial charge < -0.3 is 5.32 Å². The molecule has 1 amide bonds. The van der Waals surface area contributed by atoms with Crippen molar-refractivity contribution in [2.45, 2.75) is 17.7 Å². The van der Waals surface area contributed by atoms with Crippen molar-refractivity contribution in [3.63, 3.8) is 0 Å². The van der Waals surface area contributed by atoms with Crippen molar-refractivity contribution in [3.8, 4) is 0 Å². The van der Waals surface area contributed by atoms with Crippen LogP contribution in [0.2, 0.25) is 0 Å². The summed E-state index contributed by atoms with van der Waals surface area (Å²) in [5, 5.41) is 8.65. The van der Waals surface area contributed by atoms with Crippen molar-refractivity contribution < 1.29 is 13.2 Å². The number of aromatic nitrogens is 1. The average molecular weight is 361 g/mol. The molecule has 8 heteroatoms. The maximum Gasteiger partial charge on any atom is 0.238 e. The Morgan fingerprint density at radius 3 is 2.71 bits per heavy atom. The Kier molecular flexibility index (Phi) is 4.61. The zero-order chi connectivity index (χ0) is 17.2. The van der Waals surface area contributed by atoms with E-state index < -0.39 is 10.0 Å². The summed E-state index contributed by atoms with van der Waals surface area (Å²) in [5.74, 6) is -0.208. The summed E-state index contributed by atoms with van der Waals surface area (Å²) >= 11 is 1.56. The Bertz CT molecular complexity index is 963. The van der Waals surface area contributed by atoms with Gasteiger partial charge in [-0.15, -0.1) is 11.3 Å². The van der Waals surface area contributed by atoms with Gasteiger partial charge in [-0.1, -0.05) is 18.2 Å². The largest absolute Gasteiger partial charge is 0.326 e. The smallest absolute Gasteiger partial charge is 0.238 e. The van der Waals surface area contributed by atoms with Gasteiger partial charge in [-0.3, -0.25) is 4.79 Å². The van der Waals surface area contributed by atoms with Crippen LogP contribution in [0.4, 0.5) is 5.69 Å². The molecule has 3 N–H and O–H groups in total. The summed E-state index contributed by atoms with van der Waals surface area (Å²) < 4.78 is 23.7. The summed E-state index contributed by atoms with van der Waals surface area (Å²) in [6.07, 6.45) is 0.791. The number of nitrogens with one attached hydrogen (secondary N) is 1. The SMILES string of the molecule is NS(=O)(=O)c1cccc(NC(=O)CCc2nc3ccccc3s2)c1. The number of rotatable bonds is 5. The molecule has 0 aliphatic rings. The number of hydrogen-bond donors (Lipinski definition) is 2. The van der Waals surface area contributed by atoms with Crippen LogP contribution in [-0.2, 0) is 21.2 Å². The molecule has 2 aromatic carbocycles. The number of anilines is 1. The molecule has 3 rings (SSSR count). The fourth-order valence-electron chi connectivity index (χ4n) is 2.22. The first kappa shape index (κ1) is 16.6. The number of carbonyl (C=O) groups excluding carboxylic acids is 1. The van der Waals surface area contributed by atoms with E-state index in [0.29, 0.717) is 12.1 Å². The molecule has 0 aliphatic heterocycles. The summed E-state index contributed by atoms with van der Waals surface area (Å²) in [5.41, 5.74) is 1.33. The van der Waals surface area contributed by atoms with E-state index in [1.807, 2.05) is 24.3 Å². The number of para-hydroxylation sites is 1. The molecule has 0 saturated heterocycles. The molecule has 0 atom stereocenters. The minimum absolute atomic E-state index is 0.0357. The predicted molar refractivity (Wildman–Crippen MR) is 94.4 cm³/mol. The topological polar surface area (TPSA) is 102 Å². The molecule has 1 heterocycles. The molecule has 124 valence electrons. The van der Waals surface area contributed by atoms with Gasteiger partial charge >= 0.3 is 0 Å². The zero-order valence-corrected chi connectivity index (χ0v) is 14.2. The molecular weight excluding hydrogens is 346 g/mol. The Balaban J connectivity index is 1.63. The summed E-state index contributed by atoms with van der Waals surface area (Å²) in [7, 11) is -3.79. The second-order valence-corrected chi connectivity index (χ2v) is 7.87. The molecule has 6 nitrogen and oxygen atoms in total. The molecule has 0 fully saturated rings. The number of nitrogens with two attached hydrogens (primary N) is 1. The van der Waals surface area contributed by atoms with Crippen molar-refractivity contribution in [1.29, 1.82) is 0 Å². The lowest BCUT2D eigenvalue weighted by atomic mass is 10.2. The van der Waals surface area contributed by atoms with E-state index in [0.717, 1.165) is 15.2 Å². The van der Waals surface area contributed by atoms with Crippen molar-refractivity contribution in [2.24, 2.45) is 5.14 Å². The Labute approximate surface area is 143 Å². The van der Waals surface area contributed by atoms with Crippen LogP contribution in [0.25, 0.3) is 10.2 Å². The van der Waals surface area contributed by atoms with Crippen LogP contribution in [-0.4, -0.2) is 19.3 Å². The predicted octanol–water partition coefficient (Wildman–Crippen LogP) is 2.52. The van der Waals surface area contributed by atoms with E-state index >= 15 is 0 Å². The van der Waals surface area contributed by atoms with Crippen LogP contribution in [0.5, 0.6) is 0 Å². The van der Waals surface area contributed by atoms with E-state index in [-0.39, 0.29) is 17.2 Å². The van der Waals surface area contributed by atoms with Crippen LogP contribution in [0, 0.1) is 0 Å². The Hall–Kier alpha value is -2.29. The number of benzene rings is 2. The van der Waals surface area contributed by atoms with Gasteiger partial charge in [0.1, 0.15) is 0 Å². The van der Waals surface area contributed by atoms with Gasteiger partial charge in [-0.2, -0.15) is 0 Å². The Morgan fingerprint density at radius 1 is 1.17 bits per heavy atom. The first-order chi connectivity index (χ1) is 11.4. The first-order valence-corrected chi connectivity index (χ1v) is 9.55. The number of fused-ring (bicyclic) bond motifs is 1. The minimum Gasteiger partial charge on any atom is -0.326 e. The van der Waals surface area contributed by atoms with Gasteiger partial charge in [0.2, 0.25) is 15.9 Å². The number of nitrogens with zero attached hydrogens (tertiary/aromatic N) is 1. The molecule has 0 saturated carbocycles. The van der Waals surface area contributed by atoms with E-state index in [4.69, 9.17) is 5.14 Å². The monoisotopic (exact) mass is 361 g/mol. The molecule has 0 radical (unpaired) electrons. The standard InChI is InChI=1S/C16H15N3O3S2/c17-24(21,22)12-5-3-4-11(10-12)18-15(20)8-9-16-19-13-6-1-2-7-14(13)23-16/h1-7,10H,8-9H2,(H,18,20)(H2,17,21,22). The number of aryl methyl sites for hydroxylation is 1. The molecule has 0 bridgehead atoms. The Morgan fingerprint density at radius 2 is 1.96 bits per heavy atom. The van der Waals surface area contributed by atoms with Crippen LogP contribution in [0.3, 0.4) is 0 Å². The molecule has 0 aliphatic carbocycles. The molecule has 3 aromatic rings. The number of hydrogen-bond acceptors (Lipinski definition) is 5. The lowest BCUT2D eigenvalue weighted by Gasteiger charge is -2.06. The summed E-state index contributed by atoms with van der Waals surface area (Å²) in [4.78, 5) is 16.5. The number of carbonyl (C=O) groups is 1. The van der Waals surface area contributed by atoms with Gasteiger partial charge in [0.15, 0.2) is 0 Å². The maximum atomic E-state index is 12.0. The lowest BCUT2D eigenvalue weighted by molar-refractivity contribution is -0.116. The number of thiazole rings is 1. The van der Waals surface area contributed by atoms with Crippen molar-refractivity contribution >= 4 is 43.2 Å². The van der Waals surface area contributed by atoms with Crippen molar-refractivity contribution in [3.05, 3.63) is 53.5 Å². The van der Waals surface area contributed by atoms with E-state index in [2.05, 4.69) is 10.3 Å². The number of primary sulfonamides is 1. The molecule has 0 spiro atoms. The number of sulfonamides is 1. The minimum atomic E-state index is -3.79. The fraction of sp³-hybridized carbons (Fsp3) is 0.125. The van der Waals surface area contributed by atoms with E-state index in [1.54, 1.807) is 17.4 Å². The second-order valence-electron chi connectivity index (χ2n) is 5.20. The second kappa shape index (κ2) is 6.68. The third kappa shape index (κ3) is 3.97. The zero-order valence-electron chi connectivity index (χ0n) is 12.6. The lowest BCUT2D eigenvalue weighted by Crippen LogP contribution is -2.15. The fourth-order valence-corrected chi connectivity index (χ4v) is 3.75. The average Bonchev–Trinajstić information content (AvgIpc) is 2.95. The quantitative estimate of drug-likeness (QED) is 0.729. The van der Waals surface area contributed by atoms with Crippen molar-refractivity contribution in [2.75, 3.05) is 5.32 Å². The summed E-state index contributed by atoms with van der Waals surface area (Å²) in [6, 6.07) is 13.7. The normalized spacial score (nSPS) is 11.5. The van der Waals surface area contributed by atoms with Gasteiger partial charge in [0.05, 0.1) is 20.1 Å². The highest BCUT2D eigenvalue weighted by Crippen LogP contribution is 2.22.